The minimum absolute atomic E-state index is 0.0618. The van der Waals surface area contributed by atoms with Crippen LogP contribution >= 0.6 is 0 Å². The number of para-hydroxylation sites is 1. The van der Waals surface area contributed by atoms with E-state index in [-0.39, 0.29) is 5.91 Å². The first-order valence-corrected chi connectivity index (χ1v) is 7.31. The lowest BCUT2D eigenvalue weighted by Crippen LogP contribution is -2.32. The molecule has 0 aliphatic carbocycles. The summed E-state index contributed by atoms with van der Waals surface area (Å²) in [7, 11) is 0. The van der Waals surface area contributed by atoms with Crippen molar-refractivity contribution >= 4 is 11.6 Å². The van der Waals surface area contributed by atoms with Gasteiger partial charge in [0.2, 0.25) is 5.91 Å². The Labute approximate surface area is 122 Å². The fourth-order valence-electron chi connectivity index (χ4n) is 1.99. The molecule has 0 saturated carbocycles. The van der Waals surface area contributed by atoms with Crippen LogP contribution in [0.2, 0.25) is 0 Å². The van der Waals surface area contributed by atoms with E-state index in [1.807, 2.05) is 32.0 Å². The highest BCUT2D eigenvalue weighted by molar-refractivity contribution is 5.92. The minimum atomic E-state index is 0.0618. The Morgan fingerprint density at radius 2 is 1.75 bits per heavy atom. The van der Waals surface area contributed by atoms with E-state index in [9.17, 15) is 4.79 Å². The van der Waals surface area contributed by atoms with Gasteiger partial charge in [-0.3, -0.25) is 4.79 Å². The molecule has 0 aliphatic heterocycles. The summed E-state index contributed by atoms with van der Waals surface area (Å²) in [6, 6.07) is 6.53. The van der Waals surface area contributed by atoms with Crippen LogP contribution in [0.4, 0.5) is 5.69 Å². The van der Waals surface area contributed by atoms with E-state index in [0.29, 0.717) is 19.0 Å². The van der Waals surface area contributed by atoms with Crippen LogP contribution in [-0.4, -0.2) is 31.6 Å². The van der Waals surface area contributed by atoms with Crippen LogP contribution < -0.4 is 16.0 Å². The normalized spacial score (nSPS) is 10.8. The molecule has 4 heteroatoms. The molecule has 4 nitrogen and oxygen atoms in total. The minimum Gasteiger partial charge on any atom is -0.326 e. The standard InChI is InChI=1S/C16H27N3O/c1-12(2)18-11-10-17-9-8-15(20)19-16-13(3)6-5-7-14(16)4/h5-7,12,17-18H,8-11H2,1-4H3,(H,19,20). The first-order chi connectivity index (χ1) is 9.50. The number of hydrogen-bond acceptors (Lipinski definition) is 3. The molecular weight excluding hydrogens is 250 g/mol. The second-order valence-corrected chi connectivity index (χ2v) is 5.42. The average molecular weight is 277 g/mol. The summed E-state index contributed by atoms with van der Waals surface area (Å²) < 4.78 is 0. The van der Waals surface area contributed by atoms with Gasteiger partial charge in [0.05, 0.1) is 0 Å². The van der Waals surface area contributed by atoms with Crippen molar-refractivity contribution < 1.29 is 4.79 Å². The van der Waals surface area contributed by atoms with Crippen molar-refractivity contribution in [2.24, 2.45) is 0 Å². The van der Waals surface area contributed by atoms with Crippen LogP contribution in [0.3, 0.4) is 0 Å². The highest BCUT2D eigenvalue weighted by Gasteiger charge is 2.06. The van der Waals surface area contributed by atoms with Gasteiger partial charge in [-0.25, -0.2) is 0 Å². The Morgan fingerprint density at radius 3 is 2.35 bits per heavy atom. The number of carbonyl (C=O) groups is 1. The van der Waals surface area contributed by atoms with Crippen molar-refractivity contribution in [2.45, 2.75) is 40.2 Å². The van der Waals surface area contributed by atoms with Gasteiger partial charge in [0.15, 0.2) is 0 Å². The molecule has 0 radical (unpaired) electrons. The number of hydrogen-bond donors (Lipinski definition) is 3. The first kappa shape index (κ1) is 16.7. The van der Waals surface area contributed by atoms with Crippen molar-refractivity contribution in [1.82, 2.24) is 10.6 Å². The predicted octanol–water partition coefficient (Wildman–Crippen LogP) is 2.22. The van der Waals surface area contributed by atoms with Gasteiger partial charge in [-0.15, -0.1) is 0 Å². The monoisotopic (exact) mass is 277 g/mol. The second kappa shape index (κ2) is 8.72. The van der Waals surface area contributed by atoms with Gasteiger partial charge >= 0.3 is 0 Å². The smallest absolute Gasteiger partial charge is 0.225 e. The molecule has 0 bridgehead atoms. The van der Waals surface area contributed by atoms with Gasteiger partial charge in [0.25, 0.3) is 0 Å². The van der Waals surface area contributed by atoms with Gasteiger partial charge in [0, 0.05) is 37.8 Å². The molecule has 0 spiro atoms. The molecule has 0 saturated heterocycles. The number of amides is 1. The second-order valence-electron chi connectivity index (χ2n) is 5.42. The summed E-state index contributed by atoms with van der Waals surface area (Å²) in [6.45, 7) is 10.8. The summed E-state index contributed by atoms with van der Waals surface area (Å²) in [4.78, 5) is 11.9. The Kier molecular flexibility index (Phi) is 7.26. The molecule has 0 aromatic heterocycles. The Balaban J connectivity index is 2.24. The molecule has 0 heterocycles. The van der Waals surface area contributed by atoms with Crippen LogP contribution in [0.25, 0.3) is 0 Å². The van der Waals surface area contributed by atoms with E-state index >= 15 is 0 Å². The Morgan fingerprint density at radius 1 is 1.10 bits per heavy atom. The number of carbonyl (C=O) groups excluding carboxylic acids is 1. The average Bonchev–Trinajstić information content (AvgIpc) is 2.38. The van der Waals surface area contributed by atoms with Crippen LogP contribution in [0.5, 0.6) is 0 Å². The maximum atomic E-state index is 11.9. The molecule has 0 fully saturated rings. The highest BCUT2D eigenvalue weighted by atomic mass is 16.1. The quantitative estimate of drug-likeness (QED) is 0.639. The molecular formula is C16H27N3O. The Hall–Kier alpha value is -1.39. The van der Waals surface area contributed by atoms with E-state index in [2.05, 4.69) is 29.8 Å². The van der Waals surface area contributed by atoms with Crippen LogP contribution in [-0.2, 0) is 4.79 Å². The molecule has 1 aromatic carbocycles. The van der Waals surface area contributed by atoms with Crippen molar-refractivity contribution in [2.75, 3.05) is 25.0 Å². The zero-order valence-electron chi connectivity index (χ0n) is 13.0. The summed E-state index contributed by atoms with van der Waals surface area (Å²) in [5.41, 5.74) is 3.15. The van der Waals surface area contributed by atoms with Crippen LogP contribution in [0, 0.1) is 13.8 Å². The van der Waals surface area contributed by atoms with E-state index in [1.54, 1.807) is 0 Å². The molecule has 0 aliphatic rings. The van der Waals surface area contributed by atoms with Gasteiger partial charge in [-0.05, 0) is 25.0 Å². The maximum absolute atomic E-state index is 11.9. The van der Waals surface area contributed by atoms with Crippen LogP contribution in [0.1, 0.15) is 31.4 Å². The van der Waals surface area contributed by atoms with Crippen molar-refractivity contribution in [3.05, 3.63) is 29.3 Å². The lowest BCUT2D eigenvalue weighted by atomic mass is 10.1. The van der Waals surface area contributed by atoms with Crippen molar-refractivity contribution in [3.8, 4) is 0 Å². The van der Waals surface area contributed by atoms with Crippen molar-refractivity contribution in [3.63, 3.8) is 0 Å². The molecule has 20 heavy (non-hydrogen) atoms. The molecule has 1 amide bonds. The third kappa shape index (κ3) is 6.17. The SMILES string of the molecule is Cc1cccc(C)c1NC(=O)CCNCCNC(C)C. The van der Waals surface area contributed by atoms with E-state index in [4.69, 9.17) is 0 Å². The zero-order valence-corrected chi connectivity index (χ0v) is 13.0. The van der Waals surface area contributed by atoms with E-state index in [0.717, 1.165) is 29.9 Å². The first-order valence-electron chi connectivity index (χ1n) is 7.31. The summed E-state index contributed by atoms with van der Waals surface area (Å²) >= 11 is 0. The van der Waals surface area contributed by atoms with E-state index in [1.165, 1.54) is 0 Å². The number of anilines is 1. The third-order valence-corrected chi connectivity index (χ3v) is 3.13. The topological polar surface area (TPSA) is 53.2 Å². The van der Waals surface area contributed by atoms with Gasteiger partial charge in [-0.1, -0.05) is 32.0 Å². The van der Waals surface area contributed by atoms with Crippen molar-refractivity contribution in [1.29, 1.82) is 0 Å². The predicted molar refractivity (Wildman–Crippen MR) is 85.2 cm³/mol. The highest BCUT2D eigenvalue weighted by Crippen LogP contribution is 2.19. The fourth-order valence-corrected chi connectivity index (χ4v) is 1.99. The molecule has 1 aromatic rings. The molecule has 1 rings (SSSR count). The zero-order chi connectivity index (χ0) is 15.0. The number of nitrogens with one attached hydrogen (secondary N) is 3. The Bertz CT molecular complexity index is 409. The molecule has 3 N–H and O–H groups in total. The van der Waals surface area contributed by atoms with Crippen LogP contribution in [0.15, 0.2) is 18.2 Å². The number of rotatable bonds is 8. The summed E-state index contributed by atoms with van der Waals surface area (Å²) in [5, 5.41) is 9.58. The van der Waals surface area contributed by atoms with Gasteiger partial charge in [-0.2, -0.15) is 0 Å². The lowest BCUT2D eigenvalue weighted by Gasteiger charge is -2.12. The third-order valence-electron chi connectivity index (χ3n) is 3.13. The van der Waals surface area contributed by atoms with Gasteiger partial charge < -0.3 is 16.0 Å². The number of benzene rings is 1. The molecule has 0 atom stereocenters. The van der Waals surface area contributed by atoms with Gasteiger partial charge in [0.1, 0.15) is 0 Å². The maximum Gasteiger partial charge on any atom is 0.225 e. The molecule has 0 unspecified atom stereocenters. The summed E-state index contributed by atoms with van der Waals surface area (Å²) in [6.07, 6.45) is 0.495. The molecule has 112 valence electrons. The summed E-state index contributed by atoms with van der Waals surface area (Å²) in [5.74, 6) is 0.0618. The largest absolute Gasteiger partial charge is 0.326 e. The lowest BCUT2D eigenvalue weighted by molar-refractivity contribution is -0.116. The fraction of sp³-hybridized carbons (Fsp3) is 0.562. The number of aryl methyl sites for hydroxylation is 2. The van der Waals surface area contributed by atoms with E-state index < -0.39 is 0 Å².